The Hall–Kier alpha value is -0.100. The molecule has 0 aromatic carbocycles. The van der Waals surface area contributed by atoms with E-state index in [2.05, 4.69) is 50.2 Å². The van der Waals surface area contributed by atoms with E-state index in [4.69, 9.17) is 4.42 Å². The normalized spacial score (nSPS) is 12.9. The van der Waals surface area contributed by atoms with Crippen LogP contribution in [0.5, 0.6) is 0 Å². The van der Waals surface area contributed by atoms with Gasteiger partial charge in [-0.25, -0.2) is 0 Å². The Morgan fingerprint density at radius 1 is 1.41 bits per heavy atom. The van der Waals surface area contributed by atoms with Crippen LogP contribution in [0, 0.1) is 6.92 Å². The van der Waals surface area contributed by atoms with Gasteiger partial charge in [-0.1, -0.05) is 0 Å². The van der Waals surface area contributed by atoms with Crippen molar-refractivity contribution in [3.8, 4) is 0 Å². The van der Waals surface area contributed by atoms with Crippen LogP contribution in [-0.2, 0) is 6.54 Å². The van der Waals surface area contributed by atoms with Crippen LogP contribution in [0.15, 0.2) is 30.9 Å². The molecule has 1 atom stereocenters. The highest BCUT2D eigenvalue weighted by molar-refractivity contribution is 9.13. The molecule has 0 fully saturated rings. The van der Waals surface area contributed by atoms with Crippen molar-refractivity contribution in [1.29, 1.82) is 0 Å². The van der Waals surface area contributed by atoms with Crippen molar-refractivity contribution in [3.63, 3.8) is 0 Å². The zero-order valence-corrected chi connectivity index (χ0v) is 13.6. The lowest BCUT2D eigenvalue weighted by Gasteiger charge is -2.09. The number of hydrogen-bond donors (Lipinski definition) is 1. The molecule has 0 aliphatic carbocycles. The van der Waals surface area contributed by atoms with Gasteiger partial charge in [-0.3, -0.25) is 0 Å². The summed E-state index contributed by atoms with van der Waals surface area (Å²) in [4.78, 5) is 1.29. The second-order valence-electron chi connectivity index (χ2n) is 3.89. The highest BCUT2D eigenvalue weighted by Crippen LogP contribution is 2.32. The molecule has 0 radical (unpaired) electrons. The average Bonchev–Trinajstić information content (AvgIpc) is 2.83. The van der Waals surface area contributed by atoms with E-state index in [9.17, 15) is 0 Å². The summed E-state index contributed by atoms with van der Waals surface area (Å²) in [5.74, 6) is 1.94. The minimum absolute atomic E-state index is 0.225. The first-order chi connectivity index (χ1) is 8.06. The summed E-state index contributed by atoms with van der Waals surface area (Å²) < 4.78 is 7.83. The molecule has 2 aromatic rings. The molecular formula is C12H13Br2NOS. The Balaban J connectivity index is 1.94. The first kappa shape index (κ1) is 13.3. The maximum atomic E-state index is 5.59. The third-order valence-electron chi connectivity index (χ3n) is 2.47. The number of thiophene rings is 1. The van der Waals surface area contributed by atoms with Crippen molar-refractivity contribution in [2.75, 3.05) is 0 Å². The molecule has 0 aliphatic heterocycles. The fraction of sp³-hybridized carbons (Fsp3) is 0.333. The van der Waals surface area contributed by atoms with Crippen LogP contribution in [0.2, 0.25) is 0 Å². The fourth-order valence-electron chi connectivity index (χ4n) is 1.52. The van der Waals surface area contributed by atoms with Crippen LogP contribution < -0.4 is 5.32 Å². The quantitative estimate of drug-likeness (QED) is 0.807. The zero-order valence-electron chi connectivity index (χ0n) is 9.59. The maximum absolute atomic E-state index is 5.59. The van der Waals surface area contributed by atoms with Gasteiger partial charge in [-0.2, -0.15) is 0 Å². The van der Waals surface area contributed by atoms with Gasteiger partial charge in [0, 0.05) is 15.9 Å². The second-order valence-corrected chi connectivity index (χ2v) is 7.19. The highest BCUT2D eigenvalue weighted by atomic mass is 79.9. The summed E-state index contributed by atoms with van der Waals surface area (Å²) in [5, 5.41) is 3.44. The van der Waals surface area contributed by atoms with E-state index in [1.807, 2.05) is 19.1 Å². The lowest BCUT2D eigenvalue weighted by atomic mass is 10.2. The molecule has 0 saturated heterocycles. The van der Waals surface area contributed by atoms with Crippen LogP contribution in [0.4, 0.5) is 0 Å². The summed E-state index contributed by atoms with van der Waals surface area (Å²) >= 11 is 8.72. The van der Waals surface area contributed by atoms with Crippen molar-refractivity contribution in [2.45, 2.75) is 26.4 Å². The van der Waals surface area contributed by atoms with Crippen molar-refractivity contribution >= 4 is 43.2 Å². The van der Waals surface area contributed by atoms with E-state index in [0.717, 1.165) is 26.3 Å². The predicted octanol–water partition coefficient (Wildman–Crippen LogP) is 5.03. The Morgan fingerprint density at radius 2 is 2.18 bits per heavy atom. The van der Waals surface area contributed by atoms with Crippen molar-refractivity contribution in [1.82, 2.24) is 5.32 Å². The summed E-state index contributed by atoms with van der Waals surface area (Å²) in [6, 6.07) is 6.37. The van der Waals surface area contributed by atoms with Gasteiger partial charge in [-0.15, -0.1) is 11.3 Å². The number of nitrogens with one attached hydrogen (secondary N) is 1. The van der Waals surface area contributed by atoms with Gasteiger partial charge in [-0.05, 0) is 63.9 Å². The predicted molar refractivity (Wildman–Crippen MR) is 78.4 cm³/mol. The van der Waals surface area contributed by atoms with Gasteiger partial charge in [0.1, 0.15) is 11.5 Å². The number of furan rings is 1. The Kier molecular flexibility index (Phi) is 4.47. The maximum Gasteiger partial charge on any atom is 0.120 e. The van der Waals surface area contributed by atoms with E-state index in [1.165, 1.54) is 4.88 Å². The van der Waals surface area contributed by atoms with E-state index < -0.39 is 0 Å². The van der Waals surface area contributed by atoms with Crippen LogP contribution in [-0.4, -0.2) is 0 Å². The van der Waals surface area contributed by atoms with Gasteiger partial charge in [0.25, 0.3) is 0 Å². The lowest BCUT2D eigenvalue weighted by Crippen LogP contribution is -2.16. The standard InChI is InChI=1S/C12H13Br2NOS/c1-7-3-4-11(16-7)8(2)15-6-9-5-10(13)12(14)17-9/h3-5,8,15H,6H2,1-2H3. The molecule has 92 valence electrons. The monoisotopic (exact) mass is 377 g/mol. The largest absolute Gasteiger partial charge is 0.465 e. The van der Waals surface area contributed by atoms with Gasteiger partial charge in [0.15, 0.2) is 0 Å². The van der Waals surface area contributed by atoms with E-state index in [1.54, 1.807) is 11.3 Å². The molecule has 0 bridgehead atoms. The van der Waals surface area contributed by atoms with Gasteiger partial charge in [0.05, 0.1) is 9.83 Å². The fourth-order valence-corrected chi connectivity index (χ4v) is 3.65. The molecule has 0 saturated carbocycles. The number of rotatable bonds is 4. The molecule has 5 heteroatoms. The van der Waals surface area contributed by atoms with E-state index in [0.29, 0.717) is 0 Å². The molecule has 0 spiro atoms. The third kappa shape index (κ3) is 3.44. The smallest absolute Gasteiger partial charge is 0.120 e. The van der Waals surface area contributed by atoms with Gasteiger partial charge in [0.2, 0.25) is 0 Å². The van der Waals surface area contributed by atoms with Gasteiger partial charge >= 0.3 is 0 Å². The molecule has 2 aromatic heterocycles. The molecular weight excluding hydrogens is 366 g/mol. The molecule has 2 nitrogen and oxygen atoms in total. The second kappa shape index (κ2) is 5.69. The van der Waals surface area contributed by atoms with Crippen molar-refractivity contribution < 1.29 is 4.42 Å². The number of halogens is 2. The Labute approximate surface area is 122 Å². The average molecular weight is 379 g/mol. The molecule has 2 rings (SSSR count). The van der Waals surface area contributed by atoms with Crippen molar-refractivity contribution in [3.05, 3.63) is 42.9 Å². The van der Waals surface area contributed by atoms with Crippen LogP contribution in [0.25, 0.3) is 0 Å². The van der Waals surface area contributed by atoms with Crippen LogP contribution in [0.3, 0.4) is 0 Å². The summed E-state index contributed by atoms with van der Waals surface area (Å²) in [6.07, 6.45) is 0. The molecule has 1 N–H and O–H groups in total. The summed E-state index contributed by atoms with van der Waals surface area (Å²) in [7, 11) is 0. The highest BCUT2D eigenvalue weighted by Gasteiger charge is 2.10. The van der Waals surface area contributed by atoms with Crippen LogP contribution in [0.1, 0.15) is 29.4 Å². The number of hydrogen-bond acceptors (Lipinski definition) is 3. The minimum Gasteiger partial charge on any atom is -0.465 e. The zero-order chi connectivity index (χ0) is 12.4. The Bertz CT molecular complexity index is 487. The Morgan fingerprint density at radius 3 is 2.71 bits per heavy atom. The molecule has 2 heterocycles. The summed E-state index contributed by atoms with van der Waals surface area (Å²) in [6.45, 7) is 4.91. The topological polar surface area (TPSA) is 25.2 Å². The van der Waals surface area contributed by atoms with E-state index >= 15 is 0 Å². The SMILES string of the molecule is Cc1ccc(C(C)NCc2cc(Br)c(Br)s2)o1. The lowest BCUT2D eigenvalue weighted by molar-refractivity contribution is 0.416. The van der Waals surface area contributed by atoms with E-state index in [-0.39, 0.29) is 6.04 Å². The first-order valence-corrected chi connectivity index (χ1v) is 7.70. The first-order valence-electron chi connectivity index (χ1n) is 5.29. The summed E-state index contributed by atoms with van der Waals surface area (Å²) in [5.41, 5.74) is 0. The van der Waals surface area contributed by atoms with Gasteiger partial charge < -0.3 is 9.73 Å². The molecule has 1 unspecified atom stereocenters. The molecule has 0 amide bonds. The molecule has 17 heavy (non-hydrogen) atoms. The third-order valence-corrected chi connectivity index (χ3v) is 5.72. The van der Waals surface area contributed by atoms with Crippen LogP contribution >= 0.6 is 43.2 Å². The van der Waals surface area contributed by atoms with Crippen molar-refractivity contribution in [2.24, 2.45) is 0 Å². The number of aryl methyl sites for hydroxylation is 1. The minimum atomic E-state index is 0.225. The molecule has 0 aliphatic rings.